The topological polar surface area (TPSA) is 88.5 Å². The van der Waals surface area contributed by atoms with Crippen molar-refractivity contribution in [2.45, 2.75) is 18.4 Å². The number of benzene rings is 1. The van der Waals surface area contributed by atoms with Crippen molar-refractivity contribution in [3.05, 3.63) is 66.1 Å². The molecule has 2 aromatic heterocycles. The average Bonchev–Trinajstić information content (AvgIpc) is 2.80. The maximum absolute atomic E-state index is 13.2. The Labute approximate surface area is 182 Å². The fraction of sp³-hybridized carbons (Fsp3) is 0.318. The van der Waals surface area contributed by atoms with Gasteiger partial charge in [0, 0.05) is 38.9 Å². The van der Waals surface area contributed by atoms with E-state index in [4.69, 9.17) is 4.74 Å². The van der Waals surface area contributed by atoms with Gasteiger partial charge in [-0.15, -0.1) is 0 Å². The van der Waals surface area contributed by atoms with Crippen LogP contribution in [-0.4, -0.2) is 65.9 Å². The summed E-state index contributed by atoms with van der Waals surface area (Å²) >= 11 is 0. The lowest BCUT2D eigenvalue weighted by atomic mass is 10.2. The van der Waals surface area contributed by atoms with E-state index in [1.165, 1.54) is 10.5 Å². The van der Waals surface area contributed by atoms with Crippen LogP contribution < -0.4 is 4.74 Å². The molecule has 4 rings (SSSR count). The van der Waals surface area contributed by atoms with E-state index in [0.717, 1.165) is 17.9 Å². The standard InChI is InChI=1S/C22H25N5O3S/c1-17-21(15-24-22(25-17)20-8-3-4-9-23-20)31(28,29)27-12-10-26(11-13-27)16-18-6-5-7-19(14-18)30-2/h3-9,14-15H,10-13,16H2,1-2H3. The molecule has 0 saturated carbocycles. The SMILES string of the molecule is COc1cccc(CN2CCN(S(=O)(=O)c3cnc(-c4ccccn4)nc3C)CC2)c1. The molecule has 0 radical (unpaired) electrons. The molecule has 1 fully saturated rings. The highest BCUT2D eigenvalue weighted by Crippen LogP contribution is 2.22. The number of hydrogen-bond donors (Lipinski definition) is 0. The highest BCUT2D eigenvalue weighted by Gasteiger charge is 2.30. The van der Waals surface area contributed by atoms with Crippen LogP contribution in [0.1, 0.15) is 11.3 Å². The minimum Gasteiger partial charge on any atom is -0.497 e. The fourth-order valence-corrected chi connectivity index (χ4v) is 5.15. The first kappa shape index (κ1) is 21.4. The summed E-state index contributed by atoms with van der Waals surface area (Å²) in [7, 11) is -2.01. The van der Waals surface area contributed by atoms with Crippen molar-refractivity contribution in [3.63, 3.8) is 0 Å². The second kappa shape index (κ2) is 9.09. The predicted molar refractivity (Wildman–Crippen MR) is 117 cm³/mol. The monoisotopic (exact) mass is 439 g/mol. The number of sulfonamides is 1. The number of nitrogens with zero attached hydrogens (tertiary/aromatic N) is 5. The zero-order valence-corrected chi connectivity index (χ0v) is 18.4. The molecule has 31 heavy (non-hydrogen) atoms. The van der Waals surface area contributed by atoms with Gasteiger partial charge in [0.1, 0.15) is 16.3 Å². The van der Waals surface area contributed by atoms with E-state index in [2.05, 4.69) is 25.9 Å². The van der Waals surface area contributed by atoms with E-state index in [1.807, 2.05) is 30.3 Å². The molecule has 0 atom stereocenters. The van der Waals surface area contributed by atoms with E-state index in [9.17, 15) is 8.42 Å². The van der Waals surface area contributed by atoms with Gasteiger partial charge in [-0.1, -0.05) is 18.2 Å². The van der Waals surface area contributed by atoms with E-state index in [1.54, 1.807) is 26.3 Å². The number of rotatable bonds is 6. The number of aryl methyl sites for hydroxylation is 1. The van der Waals surface area contributed by atoms with Gasteiger partial charge in [-0.2, -0.15) is 4.31 Å². The van der Waals surface area contributed by atoms with Crippen LogP contribution in [0.25, 0.3) is 11.5 Å². The summed E-state index contributed by atoms with van der Waals surface area (Å²) < 4.78 is 33.2. The van der Waals surface area contributed by atoms with Gasteiger partial charge in [-0.05, 0) is 36.8 Å². The van der Waals surface area contributed by atoms with Gasteiger partial charge in [0.2, 0.25) is 10.0 Å². The molecule has 0 spiro atoms. The van der Waals surface area contributed by atoms with Gasteiger partial charge >= 0.3 is 0 Å². The summed E-state index contributed by atoms with van der Waals surface area (Å²) in [6.45, 7) is 4.61. The second-order valence-corrected chi connectivity index (χ2v) is 9.30. The summed E-state index contributed by atoms with van der Waals surface area (Å²) in [4.78, 5) is 15.3. The first-order valence-electron chi connectivity index (χ1n) is 10.1. The normalized spacial score (nSPS) is 15.7. The van der Waals surface area contributed by atoms with Crippen LogP contribution in [0.2, 0.25) is 0 Å². The molecular formula is C22H25N5O3S. The molecule has 9 heteroatoms. The lowest BCUT2D eigenvalue weighted by molar-refractivity contribution is 0.181. The van der Waals surface area contributed by atoms with E-state index >= 15 is 0 Å². The van der Waals surface area contributed by atoms with E-state index < -0.39 is 10.0 Å². The van der Waals surface area contributed by atoms with Gasteiger partial charge in [-0.3, -0.25) is 9.88 Å². The average molecular weight is 440 g/mol. The molecule has 0 aliphatic carbocycles. The Hall–Kier alpha value is -2.88. The quantitative estimate of drug-likeness (QED) is 0.583. The van der Waals surface area contributed by atoms with Crippen LogP contribution >= 0.6 is 0 Å². The molecule has 1 aliphatic heterocycles. The summed E-state index contributed by atoms with van der Waals surface area (Å²) in [6.07, 6.45) is 3.05. The minimum atomic E-state index is -3.66. The van der Waals surface area contributed by atoms with Crippen molar-refractivity contribution in [1.29, 1.82) is 0 Å². The summed E-state index contributed by atoms with van der Waals surface area (Å²) in [5.41, 5.74) is 2.18. The molecule has 3 aromatic rings. The van der Waals surface area contributed by atoms with Crippen LogP contribution in [0.5, 0.6) is 5.75 Å². The molecule has 0 amide bonds. The number of aromatic nitrogens is 3. The lowest BCUT2D eigenvalue weighted by Gasteiger charge is -2.34. The Bertz CT molecular complexity index is 1150. The van der Waals surface area contributed by atoms with Crippen molar-refractivity contribution in [2.75, 3.05) is 33.3 Å². The number of ether oxygens (including phenoxy) is 1. The first-order valence-corrected chi connectivity index (χ1v) is 11.5. The molecular weight excluding hydrogens is 414 g/mol. The minimum absolute atomic E-state index is 0.147. The molecule has 0 bridgehead atoms. The molecule has 1 aromatic carbocycles. The highest BCUT2D eigenvalue weighted by atomic mass is 32.2. The summed E-state index contributed by atoms with van der Waals surface area (Å²) in [5, 5.41) is 0. The summed E-state index contributed by atoms with van der Waals surface area (Å²) in [6, 6.07) is 13.4. The largest absolute Gasteiger partial charge is 0.497 e. The zero-order valence-electron chi connectivity index (χ0n) is 17.6. The number of methoxy groups -OCH3 is 1. The molecule has 0 N–H and O–H groups in total. The molecule has 0 unspecified atom stereocenters. The van der Waals surface area contributed by atoms with Crippen LogP contribution in [-0.2, 0) is 16.6 Å². The smallest absolute Gasteiger partial charge is 0.246 e. The third-order valence-corrected chi connectivity index (χ3v) is 7.32. The number of pyridine rings is 1. The summed E-state index contributed by atoms with van der Waals surface area (Å²) in [5.74, 6) is 1.24. The fourth-order valence-electron chi connectivity index (χ4n) is 3.62. The third-order valence-electron chi connectivity index (χ3n) is 5.32. The predicted octanol–water partition coefficient (Wildman–Crippen LogP) is 2.36. The molecule has 162 valence electrons. The van der Waals surface area contributed by atoms with Gasteiger partial charge in [0.25, 0.3) is 0 Å². The van der Waals surface area contributed by atoms with E-state index in [0.29, 0.717) is 43.4 Å². The number of piperazine rings is 1. The highest BCUT2D eigenvalue weighted by molar-refractivity contribution is 7.89. The molecule has 1 saturated heterocycles. The zero-order chi connectivity index (χ0) is 21.8. The van der Waals surface area contributed by atoms with Crippen molar-refractivity contribution in [2.24, 2.45) is 0 Å². The number of hydrogen-bond acceptors (Lipinski definition) is 7. The van der Waals surface area contributed by atoms with Crippen LogP contribution in [0.3, 0.4) is 0 Å². The second-order valence-electron chi connectivity index (χ2n) is 7.39. The Morgan fingerprint density at radius 2 is 1.84 bits per heavy atom. The van der Waals surface area contributed by atoms with E-state index in [-0.39, 0.29) is 4.90 Å². The maximum Gasteiger partial charge on any atom is 0.246 e. The Morgan fingerprint density at radius 3 is 2.52 bits per heavy atom. The Kier molecular flexibility index (Phi) is 6.26. The van der Waals surface area contributed by atoms with Gasteiger partial charge in [0.15, 0.2) is 5.82 Å². The third kappa shape index (κ3) is 4.73. The van der Waals surface area contributed by atoms with Gasteiger partial charge in [0.05, 0.1) is 19.0 Å². The molecule has 3 heterocycles. The Balaban J connectivity index is 1.44. The molecule has 1 aliphatic rings. The lowest BCUT2D eigenvalue weighted by Crippen LogP contribution is -2.48. The first-order chi connectivity index (χ1) is 15.0. The Morgan fingerprint density at radius 1 is 1.03 bits per heavy atom. The van der Waals surface area contributed by atoms with Crippen molar-refractivity contribution >= 4 is 10.0 Å². The maximum atomic E-state index is 13.2. The van der Waals surface area contributed by atoms with Gasteiger partial charge < -0.3 is 4.74 Å². The van der Waals surface area contributed by atoms with Crippen molar-refractivity contribution < 1.29 is 13.2 Å². The van der Waals surface area contributed by atoms with Crippen LogP contribution in [0, 0.1) is 6.92 Å². The van der Waals surface area contributed by atoms with Crippen molar-refractivity contribution in [3.8, 4) is 17.3 Å². The van der Waals surface area contributed by atoms with Crippen LogP contribution in [0.15, 0.2) is 59.8 Å². The van der Waals surface area contributed by atoms with Gasteiger partial charge in [-0.25, -0.2) is 18.4 Å². The van der Waals surface area contributed by atoms with Crippen molar-refractivity contribution in [1.82, 2.24) is 24.2 Å². The molecule has 8 nitrogen and oxygen atoms in total. The van der Waals surface area contributed by atoms with Crippen LogP contribution in [0.4, 0.5) is 0 Å².